The molecule has 1 aliphatic carbocycles. The number of ether oxygens (including phenoxy) is 1. The lowest BCUT2D eigenvalue weighted by atomic mass is 9.73. The van der Waals surface area contributed by atoms with E-state index in [0.29, 0.717) is 17.9 Å². The molecule has 0 N–H and O–H groups in total. The fourth-order valence-corrected chi connectivity index (χ4v) is 7.98. The zero-order chi connectivity index (χ0) is 34.8. The van der Waals surface area contributed by atoms with Crippen LogP contribution in [0.1, 0.15) is 75.0 Å². The Kier molecular flexibility index (Phi) is 8.27. The zero-order valence-electron chi connectivity index (χ0n) is 30.7. The van der Waals surface area contributed by atoms with Crippen LogP contribution in [0, 0.1) is 26.7 Å². The van der Waals surface area contributed by atoms with Crippen molar-refractivity contribution < 1.29 is 4.74 Å². The molecule has 0 radical (unpaired) electrons. The number of likely N-dealkylation sites (N-methyl/N-ethyl adjacent to an activating group) is 1. The Morgan fingerprint density at radius 1 is 0.837 bits per heavy atom. The van der Waals surface area contributed by atoms with Crippen molar-refractivity contribution in [3.8, 4) is 23.0 Å². The predicted molar refractivity (Wildman–Crippen MR) is 203 cm³/mol. The highest BCUT2D eigenvalue weighted by Gasteiger charge is 2.33. The summed E-state index contributed by atoms with van der Waals surface area (Å²) in [5.74, 6) is 3.36. The molecule has 0 bridgehead atoms. The van der Waals surface area contributed by atoms with Gasteiger partial charge in [-0.3, -0.25) is 4.57 Å². The van der Waals surface area contributed by atoms with E-state index in [0.717, 1.165) is 51.7 Å². The van der Waals surface area contributed by atoms with Gasteiger partial charge < -0.3 is 9.64 Å². The summed E-state index contributed by atoms with van der Waals surface area (Å²) in [5.41, 5.74) is 10.7. The smallest absolute Gasteiger partial charge is 0.137 e. The Morgan fingerprint density at radius 3 is 2.33 bits per heavy atom. The van der Waals surface area contributed by atoms with E-state index in [1.165, 1.54) is 33.2 Å². The highest BCUT2D eigenvalue weighted by Crippen LogP contribution is 2.43. The lowest BCUT2D eigenvalue weighted by Crippen LogP contribution is -2.33. The first-order chi connectivity index (χ1) is 23.3. The predicted octanol–water partition coefficient (Wildman–Crippen LogP) is 10.4. The summed E-state index contributed by atoms with van der Waals surface area (Å²) in [7, 11) is 4.35. The molecule has 6 heteroatoms. The van der Waals surface area contributed by atoms with Gasteiger partial charge >= 0.3 is 0 Å². The molecule has 252 valence electrons. The molecule has 0 aliphatic heterocycles. The van der Waals surface area contributed by atoms with E-state index in [1.807, 2.05) is 6.20 Å². The molecule has 0 fully saturated rings. The summed E-state index contributed by atoms with van der Waals surface area (Å²) in [6.45, 7) is 17.9. The van der Waals surface area contributed by atoms with Gasteiger partial charge in [0.1, 0.15) is 17.3 Å². The maximum atomic E-state index is 6.67. The Labute approximate surface area is 291 Å². The fraction of sp³-hybridized carbons (Fsp3) is 0.349. The molecule has 0 amide bonds. The van der Waals surface area contributed by atoms with Crippen LogP contribution in [0.4, 0.5) is 0 Å². The topological polar surface area (TPSA) is 48.1 Å². The minimum absolute atomic E-state index is 0.0131. The summed E-state index contributed by atoms with van der Waals surface area (Å²) in [5, 5.41) is 7.48. The van der Waals surface area contributed by atoms with E-state index < -0.39 is 0 Å². The van der Waals surface area contributed by atoms with E-state index in [1.54, 1.807) is 0 Å². The summed E-state index contributed by atoms with van der Waals surface area (Å²) in [6, 6.07) is 26.1. The Balaban J connectivity index is 1.27. The number of hydrogen-bond acceptors (Lipinski definition) is 4. The quantitative estimate of drug-likeness (QED) is 0.168. The first-order valence-electron chi connectivity index (χ1n) is 17.5. The third-order valence-electron chi connectivity index (χ3n) is 10.5. The van der Waals surface area contributed by atoms with Gasteiger partial charge in [0.2, 0.25) is 0 Å². The van der Waals surface area contributed by atoms with Crippen LogP contribution in [0.15, 0.2) is 90.6 Å². The fourth-order valence-electron chi connectivity index (χ4n) is 7.98. The largest absolute Gasteiger partial charge is 0.457 e. The number of pyridine rings is 1. The molecule has 1 aliphatic rings. The molecule has 0 spiro atoms. The minimum atomic E-state index is 0.0131. The number of allylic oxidation sites excluding steroid dienone is 1. The van der Waals surface area contributed by atoms with Crippen LogP contribution >= 0.6 is 0 Å². The Hall–Kier alpha value is -4.68. The Morgan fingerprint density at radius 2 is 1.59 bits per heavy atom. The van der Waals surface area contributed by atoms with Crippen LogP contribution in [0.25, 0.3) is 33.3 Å². The van der Waals surface area contributed by atoms with Gasteiger partial charge in [0.15, 0.2) is 0 Å². The minimum Gasteiger partial charge on any atom is -0.457 e. The molecule has 3 aromatic heterocycles. The van der Waals surface area contributed by atoms with Gasteiger partial charge in [0.05, 0.1) is 22.4 Å². The van der Waals surface area contributed by atoms with Gasteiger partial charge in [-0.2, -0.15) is 5.10 Å². The van der Waals surface area contributed by atoms with Crippen molar-refractivity contribution in [2.45, 2.75) is 79.2 Å². The van der Waals surface area contributed by atoms with Crippen molar-refractivity contribution in [3.05, 3.63) is 119 Å². The second-order valence-electron chi connectivity index (χ2n) is 15.4. The SMILES string of the molecule is CC1=C[C@H](N(C)C)C[C@H](C)C1c1c(C)nn(-c2cc(C)cc(Oc3ccc4c5ccccc5n(-c5cc(C(C)(C)C)ccn5)c4c3)c2)c1C. The van der Waals surface area contributed by atoms with Crippen LogP contribution in [0.3, 0.4) is 0 Å². The van der Waals surface area contributed by atoms with Crippen LogP contribution < -0.4 is 4.74 Å². The number of rotatable bonds is 6. The number of hydrogen-bond donors (Lipinski definition) is 0. The van der Waals surface area contributed by atoms with E-state index in [4.69, 9.17) is 14.8 Å². The highest BCUT2D eigenvalue weighted by atomic mass is 16.5. The van der Waals surface area contributed by atoms with E-state index in [2.05, 4.69) is 163 Å². The second kappa shape index (κ2) is 12.3. The Bertz CT molecular complexity index is 2230. The molecule has 0 saturated heterocycles. The van der Waals surface area contributed by atoms with Crippen molar-refractivity contribution >= 4 is 21.8 Å². The van der Waals surface area contributed by atoms with Gasteiger partial charge in [0, 0.05) is 52.3 Å². The van der Waals surface area contributed by atoms with Gasteiger partial charge in [-0.15, -0.1) is 0 Å². The van der Waals surface area contributed by atoms with Crippen molar-refractivity contribution in [3.63, 3.8) is 0 Å². The van der Waals surface area contributed by atoms with Crippen molar-refractivity contribution in [1.82, 2.24) is 24.2 Å². The standard InChI is InChI=1S/C43H49N5O/c1-26-19-33(48-30(5)42(29(4)45-48)41-27(2)21-32(46(9)10)22-28(41)3)24-35(20-26)49-34-15-16-37-36-13-11-12-14-38(36)47(39(37)25-34)40-23-31(17-18-44-40)43(6,7)8/h11-21,23-25,28,32,41H,22H2,1-10H3/t28-,32-,41?/m0/s1. The summed E-state index contributed by atoms with van der Waals surface area (Å²) in [4.78, 5) is 7.17. The van der Waals surface area contributed by atoms with Crippen molar-refractivity contribution in [2.24, 2.45) is 5.92 Å². The second-order valence-corrected chi connectivity index (χ2v) is 15.4. The maximum Gasteiger partial charge on any atom is 0.137 e. The molecule has 3 heterocycles. The monoisotopic (exact) mass is 651 g/mol. The molecule has 1 unspecified atom stereocenters. The van der Waals surface area contributed by atoms with Gasteiger partial charge in [-0.1, -0.05) is 57.5 Å². The van der Waals surface area contributed by atoms with E-state index in [9.17, 15) is 0 Å². The number of aromatic nitrogens is 4. The van der Waals surface area contributed by atoms with Crippen molar-refractivity contribution in [1.29, 1.82) is 0 Å². The third-order valence-corrected chi connectivity index (χ3v) is 10.5. The average Bonchev–Trinajstić information content (AvgIpc) is 3.53. The lowest BCUT2D eigenvalue weighted by Gasteiger charge is -2.36. The van der Waals surface area contributed by atoms with Crippen LogP contribution in [-0.4, -0.2) is 44.4 Å². The molecule has 49 heavy (non-hydrogen) atoms. The highest BCUT2D eigenvalue weighted by molar-refractivity contribution is 6.09. The molecular formula is C43H49N5O. The zero-order valence-corrected chi connectivity index (χ0v) is 30.7. The van der Waals surface area contributed by atoms with Gasteiger partial charge in [-0.05, 0) is 113 Å². The van der Waals surface area contributed by atoms with Gasteiger partial charge in [-0.25, -0.2) is 9.67 Å². The summed E-state index contributed by atoms with van der Waals surface area (Å²) >= 11 is 0. The molecule has 3 atom stereocenters. The normalized spacial score (nSPS) is 18.4. The molecule has 6 aromatic rings. The first kappa shape index (κ1) is 32.8. The average molecular weight is 652 g/mol. The lowest BCUT2D eigenvalue weighted by molar-refractivity contribution is 0.266. The van der Waals surface area contributed by atoms with E-state index in [-0.39, 0.29) is 5.41 Å². The number of fused-ring (bicyclic) bond motifs is 3. The number of para-hydroxylation sites is 1. The summed E-state index contributed by atoms with van der Waals surface area (Å²) in [6.07, 6.45) is 5.51. The molecular weight excluding hydrogens is 603 g/mol. The third kappa shape index (κ3) is 5.97. The number of aryl methyl sites for hydroxylation is 2. The molecule has 7 rings (SSSR count). The summed E-state index contributed by atoms with van der Waals surface area (Å²) < 4.78 is 11.0. The van der Waals surface area contributed by atoms with Crippen LogP contribution in [0.5, 0.6) is 11.5 Å². The maximum absolute atomic E-state index is 6.67. The number of benzene rings is 3. The molecule has 6 nitrogen and oxygen atoms in total. The first-order valence-corrected chi connectivity index (χ1v) is 17.5. The number of nitrogens with zero attached hydrogens (tertiary/aromatic N) is 5. The van der Waals surface area contributed by atoms with E-state index >= 15 is 0 Å². The van der Waals surface area contributed by atoms with Crippen LogP contribution in [-0.2, 0) is 5.41 Å². The van der Waals surface area contributed by atoms with Crippen molar-refractivity contribution in [2.75, 3.05) is 14.1 Å². The molecule has 3 aromatic carbocycles. The van der Waals surface area contributed by atoms with Crippen LogP contribution in [0.2, 0.25) is 0 Å². The molecule has 0 saturated carbocycles. The van der Waals surface area contributed by atoms with Gasteiger partial charge in [0.25, 0.3) is 0 Å².